The van der Waals surface area contributed by atoms with Crippen LogP contribution in [0.5, 0.6) is 0 Å². The Morgan fingerprint density at radius 3 is 2.57 bits per heavy atom. The highest BCUT2D eigenvalue weighted by Crippen LogP contribution is 2.24. The smallest absolute Gasteiger partial charge is 0.00131 e. The minimum absolute atomic E-state index is 0.783. The fraction of sp³-hybridized carbons (Fsp3) is 0.833. The van der Waals surface area contributed by atoms with E-state index in [0.29, 0.717) is 0 Å². The molecule has 0 aromatic rings. The van der Waals surface area contributed by atoms with Gasteiger partial charge in [-0.3, -0.25) is 0 Å². The first-order valence-electron chi connectivity index (χ1n) is 5.82. The lowest BCUT2D eigenvalue weighted by Crippen LogP contribution is -2.34. The van der Waals surface area contributed by atoms with E-state index in [9.17, 15) is 0 Å². The summed E-state index contributed by atoms with van der Waals surface area (Å²) in [4.78, 5) is 2.53. The average Bonchev–Trinajstić information content (AvgIpc) is 2.26. The molecule has 1 fully saturated rings. The molecule has 1 rings (SSSR count). The molecule has 0 aromatic heterocycles. The van der Waals surface area contributed by atoms with Gasteiger partial charge >= 0.3 is 0 Å². The van der Waals surface area contributed by atoms with Crippen LogP contribution >= 0.6 is 0 Å². The number of piperidine rings is 1. The monoisotopic (exact) mass is 196 g/mol. The Morgan fingerprint density at radius 2 is 2.07 bits per heavy atom. The van der Waals surface area contributed by atoms with Crippen LogP contribution in [-0.2, 0) is 0 Å². The minimum atomic E-state index is 0.783. The molecular formula is C12H24N2. The van der Waals surface area contributed by atoms with Crippen molar-refractivity contribution in [2.45, 2.75) is 26.2 Å². The van der Waals surface area contributed by atoms with Crippen LogP contribution in [0.1, 0.15) is 26.2 Å². The third-order valence-electron chi connectivity index (χ3n) is 3.31. The second kappa shape index (κ2) is 6.20. The van der Waals surface area contributed by atoms with Crippen LogP contribution in [0.15, 0.2) is 12.2 Å². The van der Waals surface area contributed by atoms with Crippen molar-refractivity contribution in [3.63, 3.8) is 0 Å². The van der Waals surface area contributed by atoms with Gasteiger partial charge in [0, 0.05) is 0 Å². The first-order chi connectivity index (χ1) is 6.77. The average molecular weight is 196 g/mol. The summed E-state index contributed by atoms with van der Waals surface area (Å²) < 4.78 is 0. The maximum atomic E-state index is 4.21. The molecule has 0 amide bonds. The summed E-state index contributed by atoms with van der Waals surface area (Å²) in [5.74, 6) is 0.783. The molecule has 0 unspecified atom stereocenters. The van der Waals surface area contributed by atoms with Gasteiger partial charge in [-0.2, -0.15) is 0 Å². The molecule has 1 heterocycles. The molecule has 2 heteroatoms. The van der Waals surface area contributed by atoms with E-state index in [0.717, 1.165) is 18.9 Å². The van der Waals surface area contributed by atoms with Crippen molar-refractivity contribution >= 4 is 0 Å². The largest absolute Gasteiger partial charge is 0.319 e. The van der Waals surface area contributed by atoms with Crippen LogP contribution in [0.25, 0.3) is 0 Å². The Morgan fingerprint density at radius 1 is 1.43 bits per heavy atom. The van der Waals surface area contributed by atoms with E-state index >= 15 is 0 Å². The van der Waals surface area contributed by atoms with Crippen LogP contribution < -0.4 is 5.32 Å². The summed E-state index contributed by atoms with van der Waals surface area (Å²) in [7, 11) is 2.01. The molecule has 1 aliphatic heterocycles. The molecule has 0 spiro atoms. The topological polar surface area (TPSA) is 15.3 Å². The van der Waals surface area contributed by atoms with Gasteiger partial charge in [0.05, 0.1) is 0 Å². The van der Waals surface area contributed by atoms with E-state index in [-0.39, 0.29) is 0 Å². The van der Waals surface area contributed by atoms with E-state index < -0.39 is 0 Å². The number of hydrogen-bond acceptors (Lipinski definition) is 2. The van der Waals surface area contributed by atoms with E-state index in [4.69, 9.17) is 0 Å². The zero-order valence-corrected chi connectivity index (χ0v) is 9.68. The van der Waals surface area contributed by atoms with Gasteiger partial charge in [-0.05, 0) is 58.4 Å². The fourth-order valence-corrected chi connectivity index (χ4v) is 2.15. The third kappa shape index (κ3) is 3.43. The van der Waals surface area contributed by atoms with Crippen molar-refractivity contribution in [1.29, 1.82) is 0 Å². The molecule has 14 heavy (non-hydrogen) atoms. The van der Waals surface area contributed by atoms with Crippen molar-refractivity contribution in [1.82, 2.24) is 10.2 Å². The van der Waals surface area contributed by atoms with Gasteiger partial charge < -0.3 is 10.2 Å². The third-order valence-corrected chi connectivity index (χ3v) is 3.31. The van der Waals surface area contributed by atoms with Crippen LogP contribution in [0.2, 0.25) is 0 Å². The number of likely N-dealkylation sites (tertiary alicyclic amines) is 1. The Balaban J connectivity index is 2.23. The van der Waals surface area contributed by atoms with Crippen LogP contribution in [0, 0.1) is 5.92 Å². The van der Waals surface area contributed by atoms with E-state index in [1.165, 1.54) is 38.0 Å². The highest BCUT2D eigenvalue weighted by Gasteiger charge is 2.19. The molecule has 0 atom stereocenters. The van der Waals surface area contributed by atoms with Crippen molar-refractivity contribution in [3.8, 4) is 0 Å². The Bertz CT molecular complexity index is 169. The van der Waals surface area contributed by atoms with Crippen molar-refractivity contribution in [3.05, 3.63) is 12.2 Å². The summed E-state index contributed by atoms with van der Waals surface area (Å²) in [6.07, 6.45) is 3.78. The van der Waals surface area contributed by atoms with Gasteiger partial charge in [-0.25, -0.2) is 0 Å². The Hall–Kier alpha value is -0.340. The first-order valence-corrected chi connectivity index (χ1v) is 5.82. The van der Waals surface area contributed by atoms with Gasteiger partial charge in [-0.15, -0.1) is 0 Å². The molecule has 0 saturated carbocycles. The summed E-state index contributed by atoms with van der Waals surface area (Å²) in [5.41, 5.74) is 1.45. The predicted octanol–water partition coefficient (Wildman–Crippen LogP) is 1.88. The number of hydrogen-bond donors (Lipinski definition) is 1. The molecule has 1 aliphatic rings. The highest BCUT2D eigenvalue weighted by molar-refractivity contribution is 5.02. The molecule has 1 N–H and O–H groups in total. The zero-order valence-electron chi connectivity index (χ0n) is 9.68. The molecule has 0 radical (unpaired) electrons. The van der Waals surface area contributed by atoms with Crippen molar-refractivity contribution in [2.24, 2.45) is 5.92 Å². The standard InChI is InChI=1S/C12H24N2/c1-4-14-9-6-12(7-10-14)11(2)5-8-13-3/h12-13H,2,4-10H2,1,3H3. The SMILES string of the molecule is C=C(CCNC)C1CCN(CC)CC1. The summed E-state index contributed by atoms with van der Waals surface area (Å²) in [6, 6.07) is 0. The van der Waals surface area contributed by atoms with Crippen molar-refractivity contribution in [2.75, 3.05) is 33.2 Å². The van der Waals surface area contributed by atoms with Crippen LogP contribution in [0.4, 0.5) is 0 Å². The lowest BCUT2D eigenvalue weighted by atomic mass is 9.88. The highest BCUT2D eigenvalue weighted by atomic mass is 15.1. The first kappa shape index (κ1) is 11.7. The quantitative estimate of drug-likeness (QED) is 0.675. The minimum Gasteiger partial charge on any atom is -0.319 e. The van der Waals surface area contributed by atoms with Gasteiger partial charge in [0.15, 0.2) is 0 Å². The van der Waals surface area contributed by atoms with Gasteiger partial charge in [0.2, 0.25) is 0 Å². The molecule has 0 aliphatic carbocycles. The lowest BCUT2D eigenvalue weighted by Gasteiger charge is -2.32. The Labute approximate surface area is 88.4 Å². The van der Waals surface area contributed by atoms with E-state index in [2.05, 4.69) is 23.7 Å². The lowest BCUT2D eigenvalue weighted by molar-refractivity contribution is 0.206. The second-order valence-corrected chi connectivity index (χ2v) is 4.22. The molecule has 1 saturated heterocycles. The van der Waals surface area contributed by atoms with E-state index in [1.807, 2.05) is 7.05 Å². The number of nitrogens with zero attached hydrogens (tertiary/aromatic N) is 1. The van der Waals surface area contributed by atoms with Gasteiger partial charge in [-0.1, -0.05) is 19.1 Å². The molecular weight excluding hydrogens is 172 g/mol. The molecule has 0 aromatic carbocycles. The normalized spacial score (nSPS) is 19.9. The fourth-order valence-electron chi connectivity index (χ4n) is 2.15. The summed E-state index contributed by atoms with van der Waals surface area (Å²) in [5, 5.41) is 3.19. The van der Waals surface area contributed by atoms with Crippen LogP contribution in [-0.4, -0.2) is 38.1 Å². The number of nitrogens with one attached hydrogen (secondary N) is 1. The second-order valence-electron chi connectivity index (χ2n) is 4.22. The molecule has 2 nitrogen and oxygen atoms in total. The maximum absolute atomic E-state index is 4.21. The van der Waals surface area contributed by atoms with Gasteiger partial charge in [0.25, 0.3) is 0 Å². The van der Waals surface area contributed by atoms with E-state index in [1.54, 1.807) is 0 Å². The predicted molar refractivity (Wildman–Crippen MR) is 62.5 cm³/mol. The Kier molecular flexibility index (Phi) is 5.20. The van der Waals surface area contributed by atoms with Crippen molar-refractivity contribution < 1.29 is 0 Å². The number of rotatable bonds is 5. The molecule has 0 bridgehead atoms. The van der Waals surface area contributed by atoms with Gasteiger partial charge in [0.1, 0.15) is 0 Å². The summed E-state index contributed by atoms with van der Waals surface area (Å²) >= 11 is 0. The van der Waals surface area contributed by atoms with Crippen LogP contribution in [0.3, 0.4) is 0 Å². The zero-order chi connectivity index (χ0) is 10.4. The molecule has 82 valence electrons. The summed E-state index contributed by atoms with van der Waals surface area (Å²) in [6.45, 7) is 11.3. The maximum Gasteiger partial charge on any atom is -0.00131 e.